The van der Waals surface area contributed by atoms with Gasteiger partial charge in [0.25, 0.3) is 0 Å². The Kier molecular flexibility index (Phi) is 2.19. The Labute approximate surface area is 97.3 Å². The maximum Gasteiger partial charge on any atom is 0.355 e. The highest BCUT2D eigenvalue weighted by Gasteiger charge is 2.27. The van der Waals surface area contributed by atoms with Crippen molar-refractivity contribution in [1.29, 1.82) is 0 Å². The molecule has 1 aromatic carbocycles. The molecule has 1 aromatic heterocycles. The normalized spacial score (nSPS) is 13.6. The summed E-state index contributed by atoms with van der Waals surface area (Å²) >= 11 is 0. The van der Waals surface area contributed by atoms with E-state index in [1.807, 2.05) is 30.3 Å². The molecule has 0 saturated carbocycles. The van der Waals surface area contributed by atoms with Gasteiger partial charge in [0.2, 0.25) is 0 Å². The Morgan fingerprint density at radius 2 is 2.06 bits per heavy atom. The molecule has 0 unspecified atom stereocenters. The number of benzene rings is 1. The standard InChI is InChI=1S/C12H10N2O3/c15-12(16)11-9-6-17-7-10(9)13-14(11)8-4-2-1-3-5-8/h1-5H,6-7H2,(H,15,16). The number of para-hydroxylation sites is 1. The molecule has 1 aliphatic heterocycles. The molecule has 5 heteroatoms. The molecule has 0 aliphatic carbocycles. The number of carboxylic acids is 1. The van der Waals surface area contributed by atoms with Crippen molar-refractivity contribution in [2.24, 2.45) is 0 Å². The van der Waals surface area contributed by atoms with E-state index < -0.39 is 5.97 Å². The number of nitrogens with zero attached hydrogens (tertiary/aromatic N) is 2. The molecule has 0 bridgehead atoms. The van der Waals surface area contributed by atoms with Gasteiger partial charge in [-0.2, -0.15) is 5.10 Å². The van der Waals surface area contributed by atoms with Crippen LogP contribution in [0.5, 0.6) is 0 Å². The van der Waals surface area contributed by atoms with Crippen molar-refractivity contribution in [2.75, 3.05) is 0 Å². The zero-order chi connectivity index (χ0) is 11.8. The molecule has 0 radical (unpaired) electrons. The predicted molar refractivity (Wildman–Crippen MR) is 59.0 cm³/mol. The van der Waals surface area contributed by atoms with Crippen molar-refractivity contribution in [3.8, 4) is 5.69 Å². The Morgan fingerprint density at radius 3 is 2.76 bits per heavy atom. The van der Waals surface area contributed by atoms with E-state index in [1.54, 1.807) is 0 Å². The third-order valence-corrected chi connectivity index (χ3v) is 2.76. The minimum Gasteiger partial charge on any atom is -0.476 e. The lowest BCUT2D eigenvalue weighted by molar-refractivity contribution is 0.0679. The second-order valence-electron chi connectivity index (χ2n) is 3.82. The molecule has 0 amide bonds. The van der Waals surface area contributed by atoms with Crippen molar-refractivity contribution >= 4 is 5.97 Å². The van der Waals surface area contributed by atoms with Crippen molar-refractivity contribution in [1.82, 2.24) is 9.78 Å². The average Bonchev–Trinajstić information content (AvgIpc) is 2.88. The number of aromatic carboxylic acids is 1. The minimum absolute atomic E-state index is 0.198. The molecule has 1 aliphatic rings. The topological polar surface area (TPSA) is 64.3 Å². The number of rotatable bonds is 2. The van der Waals surface area contributed by atoms with Gasteiger partial charge in [-0.25, -0.2) is 9.48 Å². The summed E-state index contributed by atoms with van der Waals surface area (Å²) in [5.74, 6) is -0.979. The summed E-state index contributed by atoms with van der Waals surface area (Å²) in [6.45, 7) is 0.708. The number of hydrogen-bond donors (Lipinski definition) is 1. The second-order valence-corrected chi connectivity index (χ2v) is 3.82. The van der Waals surface area contributed by atoms with E-state index in [4.69, 9.17) is 4.74 Å². The maximum atomic E-state index is 11.3. The van der Waals surface area contributed by atoms with Crippen LogP contribution in [0.25, 0.3) is 5.69 Å². The summed E-state index contributed by atoms with van der Waals surface area (Å²) in [5, 5.41) is 13.6. The fourth-order valence-corrected chi connectivity index (χ4v) is 1.99. The van der Waals surface area contributed by atoms with Crippen LogP contribution in [-0.2, 0) is 18.0 Å². The highest BCUT2D eigenvalue weighted by Crippen LogP contribution is 2.25. The quantitative estimate of drug-likeness (QED) is 0.851. The lowest BCUT2D eigenvalue weighted by Gasteiger charge is -2.05. The Morgan fingerprint density at radius 1 is 1.29 bits per heavy atom. The van der Waals surface area contributed by atoms with E-state index in [9.17, 15) is 9.90 Å². The first kappa shape index (κ1) is 10.0. The number of carbonyl (C=O) groups is 1. The molecule has 5 nitrogen and oxygen atoms in total. The first-order valence-electron chi connectivity index (χ1n) is 5.24. The molecule has 86 valence electrons. The van der Waals surface area contributed by atoms with Crippen LogP contribution in [0.15, 0.2) is 30.3 Å². The first-order chi connectivity index (χ1) is 8.27. The van der Waals surface area contributed by atoms with Gasteiger partial charge in [-0.1, -0.05) is 18.2 Å². The second kappa shape index (κ2) is 3.71. The number of ether oxygens (including phenoxy) is 1. The van der Waals surface area contributed by atoms with Crippen LogP contribution in [-0.4, -0.2) is 20.9 Å². The van der Waals surface area contributed by atoms with Crippen LogP contribution < -0.4 is 0 Å². The average molecular weight is 230 g/mol. The lowest BCUT2D eigenvalue weighted by Crippen LogP contribution is -2.10. The van der Waals surface area contributed by atoms with Crippen LogP contribution in [0.1, 0.15) is 21.7 Å². The van der Waals surface area contributed by atoms with Crippen LogP contribution in [0, 0.1) is 0 Å². The summed E-state index contributed by atoms with van der Waals surface area (Å²) < 4.78 is 6.67. The molecular weight excluding hydrogens is 220 g/mol. The van der Waals surface area contributed by atoms with Gasteiger partial charge in [-0.05, 0) is 12.1 Å². The van der Waals surface area contributed by atoms with Gasteiger partial charge in [0, 0.05) is 5.56 Å². The van der Waals surface area contributed by atoms with Crippen LogP contribution >= 0.6 is 0 Å². The molecule has 0 saturated heterocycles. The zero-order valence-corrected chi connectivity index (χ0v) is 8.96. The van der Waals surface area contributed by atoms with E-state index in [2.05, 4.69) is 5.10 Å². The van der Waals surface area contributed by atoms with Crippen LogP contribution in [0.2, 0.25) is 0 Å². The van der Waals surface area contributed by atoms with Crippen molar-refractivity contribution < 1.29 is 14.6 Å². The monoisotopic (exact) mass is 230 g/mol. The lowest BCUT2D eigenvalue weighted by atomic mass is 10.2. The van der Waals surface area contributed by atoms with Crippen molar-refractivity contribution in [3.05, 3.63) is 47.3 Å². The van der Waals surface area contributed by atoms with E-state index >= 15 is 0 Å². The summed E-state index contributed by atoms with van der Waals surface area (Å²) in [7, 11) is 0. The summed E-state index contributed by atoms with van der Waals surface area (Å²) in [6, 6.07) is 9.24. The highest BCUT2D eigenvalue weighted by molar-refractivity contribution is 5.88. The van der Waals surface area contributed by atoms with Gasteiger partial charge in [0.05, 0.1) is 24.6 Å². The third kappa shape index (κ3) is 1.52. The number of carboxylic acid groups (broad SMARTS) is 1. The summed E-state index contributed by atoms with van der Waals surface area (Å²) in [4.78, 5) is 11.3. The Hall–Kier alpha value is -2.14. The molecule has 2 heterocycles. The fourth-order valence-electron chi connectivity index (χ4n) is 1.99. The number of aromatic nitrogens is 2. The van der Waals surface area contributed by atoms with E-state index in [0.29, 0.717) is 24.5 Å². The van der Waals surface area contributed by atoms with Crippen molar-refractivity contribution in [3.63, 3.8) is 0 Å². The molecule has 0 fully saturated rings. The summed E-state index contributed by atoms with van der Waals surface area (Å²) in [5.41, 5.74) is 2.34. The zero-order valence-electron chi connectivity index (χ0n) is 8.96. The fraction of sp³-hybridized carbons (Fsp3) is 0.167. The minimum atomic E-state index is -0.979. The molecule has 2 aromatic rings. The molecule has 17 heavy (non-hydrogen) atoms. The first-order valence-corrected chi connectivity index (χ1v) is 5.24. The third-order valence-electron chi connectivity index (χ3n) is 2.76. The summed E-state index contributed by atoms with van der Waals surface area (Å²) in [6.07, 6.45) is 0. The molecule has 3 rings (SSSR count). The molecular formula is C12H10N2O3. The van der Waals surface area contributed by atoms with E-state index in [1.165, 1.54) is 4.68 Å². The van der Waals surface area contributed by atoms with Gasteiger partial charge in [0.1, 0.15) is 0 Å². The molecule has 0 spiro atoms. The number of hydrogen-bond acceptors (Lipinski definition) is 3. The Balaban J connectivity index is 2.21. The van der Waals surface area contributed by atoms with Crippen molar-refractivity contribution in [2.45, 2.75) is 13.2 Å². The molecule has 0 atom stereocenters. The van der Waals surface area contributed by atoms with E-state index in [-0.39, 0.29) is 5.69 Å². The van der Waals surface area contributed by atoms with Gasteiger partial charge in [-0.15, -0.1) is 0 Å². The van der Waals surface area contributed by atoms with Gasteiger partial charge >= 0.3 is 5.97 Å². The van der Waals surface area contributed by atoms with Crippen LogP contribution in [0.3, 0.4) is 0 Å². The predicted octanol–water partition coefficient (Wildman–Crippen LogP) is 1.60. The van der Waals surface area contributed by atoms with Gasteiger partial charge < -0.3 is 9.84 Å². The smallest absolute Gasteiger partial charge is 0.355 e. The van der Waals surface area contributed by atoms with Crippen LogP contribution in [0.4, 0.5) is 0 Å². The highest BCUT2D eigenvalue weighted by atomic mass is 16.5. The SMILES string of the molecule is O=C(O)c1c2c(nn1-c1ccccc1)COC2. The van der Waals surface area contributed by atoms with Gasteiger partial charge in [-0.3, -0.25) is 0 Å². The van der Waals surface area contributed by atoms with E-state index in [0.717, 1.165) is 5.69 Å². The number of fused-ring (bicyclic) bond motifs is 1. The Bertz CT molecular complexity index is 575. The largest absolute Gasteiger partial charge is 0.476 e. The molecule has 1 N–H and O–H groups in total. The van der Waals surface area contributed by atoms with Gasteiger partial charge in [0.15, 0.2) is 5.69 Å². The maximum absolute atomic E-state index is 11.3.